The summed E-state index contributed by atoms with van der Waals surface area (Å²) in [6, 6.07) is 19.0. The lowest BCUT2D eigenvalue weighted by atomic mass is 10.2. The summed E-state index contributed by atoms with van der Waals surface area (Å²) in [5.41, 5.74) is 3.90. The second kappa shape index (κ2) is 10.8. The summed E-state index contributed by atoms with van der Waals surface area (Å²) in [7, 11) is 0. The molecule has 0 bridgehead atoms. The average molecular weight is 477 g/mol. The first-order valence-corrected chi connectivity index (χ1v) is 10.1. The average Bonchev–Trinajstić information content (AvgIpc) is 2.76. The Hall–Kier alpha value is -3.06. The molecule has 0 aliphatic heterocycles. The van der Waals surface area contributed by atoms with Gasteiger partial charge in [0.15, 0.2) is 0 Å². The van der Waals surface area contributed by atoms with Crippen LogP contribution in [0.4, 0.5) is 5.69 Å². The molecule has 2 amide bonds. The number of anilines is 1. The molecule has 0 unspecified atom stereocenters. The van der Waals surface area contributed by atoms with Crippen molar-refractivity contribution in [1.29, 1.82) is 0 Å². The van der Waals surface area contributed by atoms with Crippen LogP contribution in [0.25, 0.3) is 0 Å². The van der Waals surface area contributed by atoms with Gasteiger partial charge in [-0.25, -0.2) is 5.43 Å². The molecule has 0 aromatic heterocycles. The Kier molecular flexibility index (Phi) is 7.89. The van der Waals surface area contributed by atoms with Gasteiger partial charge in [0.25, 0.3) is 0 Å². The van der Waals surface area contributed by atoms with E-state index in [2.05, 4.69) is 15.8 Å². The summed E-state index contributed by atoms with van der Waals surface area (Å²) in [5.74, 6) is -1.29. The SMILES string of the molecule is O=C(NN=Cc1cccc(OCc2ccccc2Cl)c1)C(=O)Nc1cc(Cl)ccc1Cl. The fourth-order valence-electron chi connectivity index (χ4n) is 2.45. The van der Waals surface area contributed by atoms with Crippen LogP contribution in [0.5, 0.6) is 5.75 Å². The van der Waals surface area contributed by atoms with Crippen molar-refractivity contribution in [3.8, 4) is 5.75 Å². The number of rotatable bonds is 6. The number of hydrazone groups is 1. The van der Waals surface area contributed by atoms with Crippen LogP contribution in [-0.4, -0.2) is 18.0 Å². The van der Waals surface area contributed by atoms with Crippen molar-refractivity contribution in [3.05, 3.63) is 92.9 Å². The lowest BCUT2D eigenvalue weighted by Gasteiger charge is -2.08. The largest absolute Gasteiger partial charge is 0.489 e. The summed E-state index contributed by atoms with van der Waals surface area (Å²) in [4.78, 5) is 23.9. The van der Waals surface area contributed by atoms with Gasteiger partial charge in [0.1, 0.15) is 12.4 Å². The van der Waals surface area contributed by atoms with Crippen molar-refractivity contribution in [1.82, 2.24) is 5.43 Å². The maximum Gasteiger partial charge on any atom is 0.329 e. The van der Waals surface area contributed by atoms with E-state index in [-0.39, 0.29) is 10.7 Å². The number of ether oxygens (including phenoxy) is 1. The van der Waals surface area contributed by atoms with E-state index in [1.807, 2.05) is 18.2 Å². The molecule has 0 radical (unpaired) electrons. The van der Waals surface area contributed by atoms with Gasteiger partial charge in [-0.1, -0.05) is 65.1 Å². The van der Waals surface area contributed by atoms with Crippen molar-refractivity contribution >= 4 is 58.5 Å². The zero-order chi connectivity index (χ0) is 22.2. The van der Waals surface area contributed by atoms with Crippen LogP contribution in [0, 0.1) is 0 Å². The molecule has 0 heterocycles. The zero-order valence-corrected chi connectivity index (χ0v) is 18.2. The highest BCUT2D eigenvalue weighted by Crippen LogP contribution is 2.25. The molecule has 31 heavy (non-hydrogen) atoms. The Morgan fingerprint density at radius 3 is 2.52 bits per heavy atom. The van der Waals surface area contributed by atoms with Crippen LogP contribution in [0.1, 0.15) is 11.1 Å². The van der Waals surface area contributed by atoms with Gasteiger partial charge in [-0.3, -0.25) is 9.59 Å². The van der Waals surface area contributed by atoms with Gasteiger partial charge < -0.3 is 10.1 Å². The minimum Gasteiger partial charge on any atom is -0.489 e. The highest BCUT2D eigenvalue weighted by atomic mass is 35.5. The van der Waals surface area contributed by atoms with E-state index in [1.165, 1.54) is 18.3 Å². The Bertz CT molecular complexity index is 1140. The second-order valence-corrected chi connectivity index (χ2v) is 7.48. The number of nitrogens with zero attached hydrogens (tertiary/aromatic N) is 1. The summed E-state index contributed by atoms with van der Waals surface area (Å²) < 4.78 is 5.75. The third kappa shape index (κ3) is 6.72. The second-order valence-electron chi connectivity index (χ2n) is 6.23. The van der Waals surface area contributed by atoms with E-state index in [9.17, 15) is 9.59 Å². The Morgan fingerprint density at radius 1 is 0.903 bits per heavy atom. The normalized spacial score (nSPS) is 10.7. The van der Waals surface area contributed by atoms with Crippen molar-refractivity contribution in [2.24, 2.45) is 5.10 Å². The molecule has 3 rings (SSSR count). The van der Waals surface area contributed by atoms with E-state index in [1.54, 1.807) is 36.4 Å². The van der Waals surface area contributed by atoms with E-state index < -0.39 is 11.8 Å². The number of nitrogens with one attached hydrogen (secondary N) is 2. The highest BCUT2D eigenvalue weighted by molar-refractivity contribution is 6.42. The third-order valence-electron chi connectivity index (χ3n) is 3.97. The fraction of sp³-hybridized carbons (Fsp3) is 0.0455. The lowest BCUT2D eigenvalue weighted by molar-refractivity contribution is -0.136. The van der Waals surface area contributed by atoms with Crippen LogP contribution in [0.15, 0.2) is 71.8 Å². The molecule has 0 aliphatic rings. The van der Waals surface area contributed by atoms with Crippen LogP contribution < -0.4 is 15.5 Å². The molecule has 0 spiro atoms. The molecule has 9 heteroatoms. The van der Waals surface area contributed by atoms with Gasteiger partial charge in [0.05, 0.1) is 16.9 Å². The van der Waals surface area contributed by atoms with Crippen LogP contribution in [0.2, 0.25) is 15.1 Å². The lowest BCUT2D eigenvalue weighted by Crippen LogP contribution is -2.32. The molecule has 3 aromatic carbocycles. The van der Waals surface area contributed by atoms with Crippen LogP contribution in [0.3, 0.4) is 0 Å². The number of benzene rings is 3. The molecule has 158 valence electrons. The fourth-order valence-corrected chi connectivity index (χ4v) is 2.98. The predicted octanol–water partition coefficient (Wildman–Crippen LogP) is 5.31. The maximum absolute atomic E-state index is 12.0. The molecule has 6 nitrogen and oxygen atoms in total. The molecule has 0 saturated carbocycles. The van der Waals surface area contributed by atoms with Crippen molar-refractivity contribution in [3.63, 3.8) is 0 Å². The van der Waals surface area contributed by atoms with Gasteiger partial charge in [0, 0.05) is 15.6 Å². The summed E-state index contributed by atoms with van der Waals surface area (Å²) in [6.07, 6.45) is 1.39. The van der Waals surface area contributed by atoms with Crippen molar-refractivity contribution in [2.75, 3.05) is 5.32 Å². The molecular formula is C22H16Cl3N3O3. The first-order valence-electron chi connectivity index (χ1n) is 8.98. The molecule has 0 fully saturated rings. The topological polar surface area (TPSA) is 79.8 Å². The molecule has 0 aliphatic carbocycles. The number of carbonyl (C=O) groups is 2. The summed E-state index contributed by atoms with van der Waals surface area (Å²) in [6.45, 7) is 0.309. The maximum atomic E-state index is 12.0. The van der Waals surface area contributed by atoms with Crippen molar-refractivity contribution in [2.45, 2.75) is 6.61 Å². The highest BCUT2D eigenvalue weighted by Gasteiger charge is 2.14. The van der Waals surface area contributed by atoms with Gasteiger partial charge in [-0.2, -0.15) is 5.10 Å². The smallest absolute Gasteiger partial charge is 0.329 e. The number of hydrogen-bond donors (Lipinski definition) is 2. The first kappa shape index (κ1) is 22.6. The number of hydrogen-bond acceptors (Lipinski definition) is 4. The van der Waals surface area contributed by atoms with E-state index >= 15 is 0 Å². The van der Waals surface area contributed by atoms with E-state index in [0.717, 1.165) is 5.56 Å². The molecular weight excluding hydrogens is 461 g/mol. The Balaban J connectivity index is 1.55. The Labute approximate surface area is 193 Å². The van der Waals surface area contributed by atoms with Gasteiger partial charge in [-0.15, -0.1) is 0 Å². The molecule has 2 N–H and O–H groups in total. The first-order chi connectivity index (χ1) is 14.9. The predicted molar refractivity (Wildman–Crippen MR) is 123 cm³/mol. The summed E-state index contributed by atoms with van der Waals surface area (Å²) in [5, 5.41) is 7.42. The standard InChI is InChI=1S/C22H16Cl3N3O3/c23-16-8-9-19(25)20(11-16)27-21(29)22(30)28-26-12-14-4-3-6-17(10-14)31-13-15-5-1-2-7-18(15)24/h1-12H,13H2,(H,27,29)(H,28,30). The van der Waals surface area contributed by atoms with Gasteiger partial charge in [-0.05, 0) is 42.0 Å². The number of carbonyl (C=O) groups excluding carboxylic acids is 2. The van der Waals surface area contributed by atoms with Crippen LogP contribution >= 0.6 is 34.8 Å². The molecule has 0 atom stereocenters. The van der Waals surface area contributed by atoms with E-state index in [0.29, 0.717) is 28.0 Å². The zero-order valence-electron chi connectivity index (χ0n) is 15.9. The third-order valence-corrected chi connectivity index (χ3v) is 4.91. The molecule has 3 aromatic rings. The molecule has 0 saturated heterocycles. The minimum absolute atomic E-state index is 0.224. The number of amides is 2. The number of halogens is 3. The van der Waals surface area contributed by atoms with E-state index in [4.69, 9.17) is 39.5 Å². The van der Waals surface area contributed by atoms with Gasteiger partial charge in [0.2, 0.25) is 0 Å². The Morgan fingerprint density at radius 2 is 1.71 bits per heavy atom. The monoisotopic (exact) mass is 475 g/mol. The van der Waals surface area contributed by atoms with Crippen molar-refractivity contribution < 1.29 is 14.3 Å². The summed E-state index contributed by atoms with van der Waals surface area (Å²) >= 11 is 17.9. The van der Waals surface area contributed by atoms with Gasteiger partial charge >= 0.3 is 11.8 Å². The van der Waals surface area contributed by atoms with Crippen LogP contribution in [-0.2, 0) is 16.2 Å². The quantitative estimate of drug-likeness (QED) is 0.287. The minimum atomic E-state index is -0.960.